The molecule has 0 aliphatic carbocycles. The van der Waals surface area contributed by atoms with Gasteiger partial charge < -0.3 is 19.9 Å². The number of unbranched alkanes of at least 4 members (excludes halogenated alkanes) is 1. The number of carbonyl (C=O) groups is 1. The number of anilines is 1. The van der Waals surface area contributed by atoms with Crippen LogP contribution in [0.25, 0.3) is 0 Å². The van der Waals surface area contributed by atoms with Crippen LogP contribution in [0.2, 0.25) is 0 Å². The van der Waals surface area contributed by atoms with Crippen molar-refractivity contribution >= 4 is 11.7 Å². The van der Waals surface area contributed by atoms with Gasteiger partial charge in [0.15, 0.2) is 11.5 Å². The van der Waals surface area contributed by atoms with Gasteiger partial charge in [-0.05, 0) is 31.4 Å². The van der Waals surface area contributed by atoms with E-state index in [4.69, 9.17) is 14.6 Å². The van der Waals surface area contributed by atoms with Gasteiger partial charge in [0.2, 0.25) is 6.79 Å². The molecule has 0 radical (unpaired) electrons. The first kappa shape index (κ1) is 12.5. The van der Waals surface area contributed by atoms with Crippen molar-refractivity contribution in [3.63, 3.8) is 0 Å². The molecule has 5 nitrogen and oxygen atoms in total. The first-order chi connectivity index (χ1) is 8.66. The SMILES string of the molecule is Cc1cc2c(cc1NCCCCC(=O)O)OCO2. The van der Waals surface area contributed by atoms with Crippen molar-refractivity contribution in [2.45, 2.75) is 26.2 Å². The van der Waals surface area contributed by atoms with Crippen LogP contribution in [0.5, 0.6) is 11.5 Å². The number of benzene rings is 1. The molecule has 1 aromatic carbocycles. The third-order valence-corrected chi connectivity index (χ3v) is 2.85. The molecule has 0 atom stereocenters. The van der Waals surface area contributed by atoms with E-state index >= 15 is 0 Å². The molecule has 0 amide bonds. The normalized spacial score (nSPS) is 12.5. The van der Waals surface area contributed by atoms with Gasteiger partial charge in [0.25, 0.3) is 0 Å². The third kappa shape index (κ3) is 3.06. The molecule has 0 saturated heterocycles. The second-order valence-electron chi connectivity index (χ2n) is 4.30. The van der Waals surface area contributed by atoms with Gasteiger partial charge in [0, 0.05) is 24.7 Å². The first-order valence-corrected chi connectivity index (χ1v) is 6.03. The number of carboxylic acid groups (broad SMARTS) is 1. The van der Waals surface area contributed by atoms with E-state index in [0.29, 0.717) is 6.42 Å². The molecule has 1 aliphatic heterocycles. The predicted octanol–water partition coefficient (Wildman–Crippen LogP) is 2.39. The second-order valence-corrected chi connectivity index (χ2v) is 4.30. The highest BCUT2D eigenvalue weighted by Gasteiger charge is 2.15. The average molecular weight is 251 g/mol. The molecule has 0 aromatic heterocycles. The number of aliphatic carboxylic acids is 1. The zero-order valence-electron chi connectivity index (χ0n) is 10.4. The summed E-state index contributed by atoms with van der Waals surface area (Å²) in [7, 11) is 0. The van der Waals surface area contributed by atoms with Crippen molar-refractivity contribution in [2.24, 2.45) is 0 Å². The molecule has 18 heavy (non-hydrogen) atoms. The van der Waals surface area contributed by atoms with Crippen molar-refractivity contribution in [1.29, 1.82) is 0 Å². The molecule has 2 N–H and O–H groups in total. The molecule has 5 heteroatoms. The third-order valence-electron chi connectivity index (χ3n) is 2.85. The van der Waals surface area contributed by atoms with Crippen molar-refractivity contribution in [3.05, 3.63) is 17.7 Å². The fourth-order valence-electron chi connectivity index (χ4n) is 1.86. The standard InChI is InChI=1S/C13H17NO4/c1-9-6-11-12(18-8-17-11)7-10(9)14-5-3-2-4-13(15)16/h6-7,14H,2-5,8H2,1H3,(H,15,16). The highest BCUT2D eigenvalue weighted by molar-refractivity contribution is 5.66. The lowest BCUT2D eigenvalue weighted by Gasteiger charge is -2.10. The lowest BCUT2D eigenvalue weighted by atomic mass is 10.1. The van der Waals surface area contributed by atoms with E-state index in [-0.39, 0.29) is 13.2 Å². The number of fused-ring (bicyclic) bond motifs is 1. The molecule has 1 aromatic rings. The van der Waals surface area contributed by atoms with Crippen LogP contribution in [0.3, 0.4) is 0 Å². The lowest BCUT2D eigenvalue weighted by Crippen LogP contribution is -2.04. The molecule has 0 bridgehead atoms. The highest BCUT2D eigenvalue weighted by atomic mass is 16.7. The minimum Gasteiger partial charge on any atom is -0.481 e. The number of hydrogen-bond acceptors (Lipinski definition) is 4. The van der Waals surface area contributed by atoms with Crippen LogP contribution in [-0.4, -0.2) is 24.4 Å². The smallest absolute Gasteiger partial charge is 0.303 e. The zero-order chi connectivity index (χ0) is 13.0. The molecular formula is C13H17NO4. The summed E-state index contributed by atoms with van der Waals surface area (Å²) in [4.78, 5) is 10.4. The van der Waals surface area contributed by atoms with Crippen molar-refractivity contribution in [3.8, 4) is 11.5 Å². The van der Waals surface area contributed by atoms with Crippen LogP contribution in [0, 0.1) is 6.92 Å². The maximum Gasteiger partial charge on any atom is 0.303 e. The van der Waals surface area contributed by atoms with Gasteiger partial charge in [0.05, 0.1) is 0 Å². The Morgan fingerprint density at radius 3 is 2.78 bits per heavy atom. The van der Waals surface area contributed by atoms with E-state index in [9.17, 15) is 4.79 Å². The summed E-state index contributed by atoms with van der Waals surface area (Å²) >= 11 is 0. The lowest BCUT2D eigenvalue weighted by molar-refractivity contribution is -0.137. The molecule has 2 rings (SSSR count). The van der Waals surface area contributed by atoms with Gasteiger partial charge in [-0.15, -0.1) is 0 Å². The first-order valence-electron chi connectivity index (χ1n) is 6.03. The summed E-state index contributed by atoms with van der Waals surface area (Å²) < 4.78 is 10.6. The summed E-state index contributed by atoms with van der Waals surface area (Å²) in [6.45, 7) is 3.03. The second kappa shape index (κ2) is 5.62. The monoisotopic (exact) mass is 251 g/mol. The molecule has 1 aliphatic rings. The molecule has 0 unspecified atom stereocenters. The van der Waals surface area contributed by atoms with Crippen molar-refractivity contribution in [1.82, 2.24) is 0 Å². The average Bonchev–Trinajstić information content (AvgIpc) is 2.75. The van der Waals surface area contributed by atoms with Crippen LogP contribution in [0.15, 0.2) is 12.1 Å². The maximum atomic E-state index is 10.4. The fourth-order valence-corrected chi connectivity index (χ4v) is 1.86. The molecule has 98 valence electrons. The number of carboxylic acids is 1. The van der Waals surface area contributed by atoms with Crippen molar-refractivity contribution < 1.29 is 19.4 Å². The van der Waals surface area contributed by atoms with Crippen molar-refractivity contribution in [2.75, 3.05) is 18.7 Å². The number of aryl methyl sites for hydroxylation is 1. The molecular weight excluding hydrogens is 234 g/mol. The molecule has 0 saturated carbocycles. The van der Waals surface area contributed by atoms with E-state index in [0.717, 1.165) is 35.7 Å². The van der Waals surface area contributed by atoms with Gasteiger partial charge in [-0.3, -0.25) is 4.79 Å². The Morgan fingerprint density at radius 1 is 1.33 bits per heavy atom. The largest absolute Gasteiger partial charge is 0.481 e. The minimum absolute atomic E-state index is 0.224. The summed E-state index contributed by atoms with van der Waals surface area (Å²) in [5.74, 6) is 0.798. The molecule has 1 heterocycles. The molecule has 0 spiro atoms. The van der Waals surface area contributed by atoms with Crippen LogP contribution in [0.4, 0.5) is 5.69 Å². The Balaban J connectivity index is 1.84. The van der Waals surface area contributed by atoms with E-state index in [2.05, 4.69) is 5.32 Å². The van der Waals surface area contributed by atoms with E-state index in [1.54, 1.807) is 0 Å². The number of ether oxygens (including phenoxy) is 2. The topological polar surface area (TPSA) is 67.8 Å². The zero-order valence-corrected chi connectivity index (χ0v) is 10.4. The van der Waals surface area contributed by atoms with Crippen LogP contribution in [0.1, 0.15) is 24.8 Å². The van der Waals surface area contributed by atoms with Crippen LogP contribution < -0.4 is 14.8 Å². The minimum atomic E-state index is -0.741. The summed E-state index contributed by atoms with van der Waals surface area (Å²) in [5, 5.41) is 11.8. The Kier molecular flexibility index (Phi) is 3.92. The predicted molar refractivity (Wildman–Crippen MR) is 67.3 cm³/mol. The van der Waals surface area contributed by atoms with Crippen LogP contribution in [-0.2, 0) is 4.79 Å². The number of hydrogen-bond donors (Lipinski definition) is 2. The number of nitrogens with one attached hydrogen (secondary N) is 1. The van der Waals surface area contributed by atoms with Gasteiger partial charge in [-0.1, -0.05) is 0 Å². The Hall–Kier alpha value is -1.91. The van der Waals surface area contributed by atoms with Gasteiger partial charge in [-0.25, -0.2) is 0 Å². The van der Waals surface area contributed by atoms with E-state index in [1.807, 2.05) is 19.1 Å². The fraction of sp³-hybridized carbons (Fsp3) is 0.462. The van der Waals surface area contributed by atoms with Gasteiger partial charge in [-0.2, -0.15) is 0 Å². The highest BCUT2D eigenvalue weighted by Crippen LogP contribution is 2.36. The summed E-state index contributed by atoms with van der Waals surface area (Å²) in [6, 6.07) is 3.87. The van der Waals surface area contributed by atoms with E-state index < -0.39 is 5.97 Å². The van der Waals surface area contributed by atoms with Gasteiger partial charge >= 0.3 is 5.97 Å². The summed E-state index contributed by atoms with van der Waals surface area (Å²) in [5.41, 5.74) is 2.10. The Morgan fingerprint density at radius 2 is 2.06 bits per heavy atom. The Bertz CT molecular complexity index is 445. The molecule has 0 fully saturated rings. The Labute approximate surface area is 106 Å². The van der Waals surface area contributed by atoms with Crippen LogP contribution >= 0.6 is 0 Å². The number of rotatable bonds is 6. The quantitative estimate of drug-likeness (QED) is 0.760. The maximum absolute atomic E-state index is 10.4. The van der Waals surface area contributed by atoms with Gasteiger partial charge in [0.1, 0.15) is 0 Å². The van der Waals surface area contributed by atoms with E-state index in [1.165, 1.54) is 0 Å². The summed E-state index contributed by atoms with van der Waals surface area (Å²) in [6.07, 6.45) is 1.74.